The van der Waals surface area contributed by atoms with Gasteiger partial charge in [-0.25, -0.2) is 0 Å². The number of nitrogens with zero attached hydrogens (tertiary/aromatic N) is 4. The number of allylic oxidation sites excluding steroid dienone is 1. The molecule has 0 aromatic carbocycles. The molecule has 28 heavy (non-hydrogen) atoms. The van der Waals surface area contributed by atoms with Crippen molar-refractivity contribution < 1.29 is 19.8 Å². The van der Waals surface area contributed by atoms with E-state index in [4.69, 9.17) is 10.2 Å². The summed E-state index contributed by atoms with van der Waals surface area (Å²) in [4.78, 5) is 34.3. The lowest BCUT2D eigenvalue weighted by molar-refractivity contribution is -0.139. The summed E-state index contributed by atoms with van der Waals surface area (Å²) in [5.74, 6) is -1.84. The zero-order chi connectivity index (χ0) is 20.8. The van der Waals surface area contributed by atoms with Crippen LogP contribution < -0.4 is 0 Å². The number of pyridine rings is 1. The standard InChI is InChI=1S/C20H28N4O4/c1-3-9-21-17(4-2)13-23(15-19(25)26)11-7-12-24(16-20(27)28)14-18-8-5-6-10-22-18/h3-6,8-10H,2,7,11-16H2,1H3,(H,25,26)(H,27,28)/b9-3-,21-17?. The molecular formula is C20H28N4O4. The molecule has 0 saturated carbocycles. The lowest BCUT2D eigenvalue weighted by atomic mass is 10.2. The molecule has 8 nitrogen and oxygen atoms in total. The van der Waals surface area contributed by atoms with Crippen LogP contribution in [-0.4, -0.2) is 75.4 Å². The number of hydrogen-bond acceptors (Lipinski definition) is 6. The highest BCUT2D eigenvalue weighted by Gasteiger charge is 2.14. The minimum absolute atomic E-state index is 0.101. The van der Waals surface area contributed by atoms with Gasteiger partial charge in [0.15, 0.2) is 0 Å². The maximum atomic E-state index is 11.2. The molecule has 0 unspecified atom stereocenters. The third kappa shape index (κ3) is 10.3. The van der Waals surface area contributed by atoms with Gasteiger partial charge in [-0.05, 0) is 31.6 Å². The van der Waals surface area contributed by atoms with Gasteiger partial charge >= 0.3 is 11.9 Å². The molecule has 8 heteroatoms. The van der Waals surface area contributed by atoms with Crippen LogP contribution in [0.4, 0.5) is 0 Å². The number of aliphatic carboxylic acids is 2. The van der Waals surface area contributed by atoms with Gasteiger partial charge in [0.2, 0.25) is 0 Å². The van der Waals surface area contributed by atoms with Crippen molar-refractivity contribution in [2.45, 2.75) is 19.9 Å². The van der Waals surface area contributed by atoms with Crippen LogP contribution >= 0.6 is 0 Å². The molecule has 1 aromatic heterocycles. The minimum Gasteiger partial charge on any atom is -0.480 e. The lowest BCUT2D eigenvalue weighted by Gasteiger charge is -2.23. The number of carbonyl (C=O) groups is 2. The van der Waals surface area contributed by atoms with Gasteiger partial charge in [0.25, 0.3) is 0 Å². The molecule has 0 saturated heterocycles. The Balaban J connectivity index is 2.67. The lowest BCUT2D eigenvalue weighted by Crippen LogP contribution is -2.37. The molecule has 1 rings (SSSR count). The van der Waals surface area contributed by atoms with Crippen LogP contribution in [0.5, 0.6) is 0 Å². The summed E-state index contributed by atoms with van der Waals surface area (Å²) in [5.41, 5.74) is 1.47. The normalized spacial score (nSPS) is 12.0. The summed E-state index contributed by atoms with van der Waals surface area (Å²) in [7, 11) is 0. The van der Waals surface area contributed by atoms with Crippen molar-refractivity contribution in [2.75, 3.05) is 32.7 Å². The van der Waals surface area contributed by atoms with Gasteiger partial charge in [0.1, 0.15) is 0 Å². The van der Waals surface area contributed by atoms with Crippen LogP contribution in [0.2, 0.25) is 0 Å². The van der Waals surface area contributed by atoms with E-state index in [9.17, 15) is 9.59 Å². The molecule has 0 radical (unpaired) electrons. The fraction of sp³-hybridized carbons (Fsp3) is 0.400. The maximum absolute atomic E-state index is 11.2. The van der Waals surface area contributed by atoms with Crippen LogP contribution in [0.25, 0.3) is 0 Å². The summed E-state index contributed by atoms with van der Waals surface area (Å²) in [6.45, 7) is 7.12. The first-order valence-corrected chi connectivity index (χ1v) is 9.03. The molecule has 0 atom stereocenters. The SMILES string of the molecule is C=CC(CN(CCCN(CC(=O)O)Cc1ccccn1)CC(=O)O)=N/C=C\C. The quantitative estimate of drug-likeness (QED) is 0.469. The minimum atomic E-state index is -0.926. The van der Waals surface area contributed by atoms with Crippen LogP contribution in [0.15, 0.2) is 54.3 Å². The summed E-state index contributed by atoms with van der Waals surface area (Å²) in [6, 6.07) is 5.51. The second-order valence-electron chi connectivity index (χ2n) is 6.19. The Labute approximate surface area is 165 Å². The Kier molecular flexibility index (Phi) is 11.1. The molecule has 0 amide bonds. The van der Waals surface area contributed by atoms with E-state index < -0.39 is 11.9 Å². The molecule has 0 bridgehead atoms. The van der Waals surface area contributed by atoms with Crippen molar-refractivity contribution in [3.63, 3.8) is 0 Å². The highest BCUT2D eigenvalue weighted by Crippen LogP contribution is 2.04. The van der Waals surface area contributed by atoms with E-state index in [1.807, 2.05) is 19.1 Å². The van der Waals surface area contributed by atoms with Gasteiger partial charge in [-0.1, -0.05) is 18.7 Å². The summed E-state index contributed by atoms with van der Waals surface area (Å²) >= 11 is 0. The number of aliphatic imine (C=N–C) groups is 1. The first-order chi connectivity index (χ1) is 13.4. The molecule has 0 aliphatic heterocycles. The van der Waals surface area contributed by atoms with Crippen LogP contribution in [0, 0.1) is 0 Å². The highest BCUT2D eigenvalue weighted by molar-refractivity contribution is 5.96. The predicted octanol–water partition coefficient (Wildman–Crippen LogP) is 1.91. The highest BCUT2D eigenvalue weighted by atomic mass is 16.4. The van der Waals surface area contributed by atoms with Gasteiger partial charge in [0, 0.05) is 38.6 Å². The monoisotopic (exact) mass is 388 g/mol. The van der Waals surface area contributed by atoms with Crippen molar-refractivity contribution in [2.24, 2.45) is 4.99 Å². The number of carboxylic acids is 2. The van der Waals surface area contributed by atoms with Crippen molar-refractivity contribution >= 4 is 17.7 Å². The van der Waals surface area contributed by atoms with E-state index in [0.29, 0.717) is 38.3 Å². The van der Waals surface area contributed by atoms with Crippen LogP contribution in [-0.2, 0) is 16.1 Å². The van der Waals surface area contributed by atoms with Crippen molar-refractivity contribution in [1.29, 1.82) is 0 Å². The predicted molar refractivity (Wildman–Crippen MR) is 108 cm³/mol. The van der Waals surface area contributed by atoms with Crippen LogP contribution in [0.1, 0.15) is 19.0 Å². The molecule has 152 valence electrons. The van der Waals surface area contributed by atoms with E-state index in [0.717, 1.165) is 5.69 Å². The molecule has 0 aliphatic rings. The average molecular weight is 388 g/mol. The Morgan fingerprint density at radius 1 is 1.14 bits per heavy atom. The molecule has 1 heterocycles. The number of hydrogen-bond donors (Lipinski definition) is 2. The zero-order valence-corrected chi connectivity index (χ0v) is 16.2. The van der Waals surface area contributed by atoms with Gasteiger partial charge in [0.05, 0.1) is 24.5 Å². The summed E-state index contributed by atoms with van der Waals surface area (Å²) < 4.78 is 0. The molecule has 2 N–H and O–H groups in total. The average Bonchev–Trinajstić information content (AvgIpc) is 2.64. The summed E-state index contributed by atoms with van der Waals surface area (Å²) in [5, 5.41) is 18.3. The molecule has 0 fully saturated rings. The third-order valence-electron chi connectivity index (χ3n) is 3.79. The topological polar surface area (TPSA) is 106 Å². The number of rotatable bonds is 14. The molecular weight excluding hydrogens is 360 g/mol. The van der Waals surface area contributed by atoms with Gasteiger partial charge in [-0.2, -0.15) is 0 Å². The fourth-order valence-electron chi connectivity index (χ4n) is 2.61. The van der Waals surface area contributed by atoms with Gasteiger partial charge < -0.3 is 10.2 Å². The van der Waals surface area contributed by atoms with Gasteiger partial charge in [-0.3, -0.25) is 29.4 Å². The Morgan fingerprint density at radius 2 is 1.82 bits per heavy atom. The largest absolute Gasteiger partial charge is 0.480 e. The van der Waals surface area contributed by atoms with Crippen molar-refractivity contribution in [1.82, 2.24) is 14.8 Å². The van der Waals surface area contributed by atoms with E-state index in [1.165, 1.54) is 0 Å². The Morgan fingerprint density at radius 3 is 2.39 bits per heavy atom. The second kappa shape index (κ2) is 13.3. The van der Waals surface area contributed by atoms with E-state index in [-0.39, 0.29) is 13.1 Å². The zero-order valence-electron chi connectivity index (χ0n) is 16.2. The molecule has 0 spiro atoms. The number of aromatic nitrogens is 1. The fourth-order valence-corrected chi connectivity index (χ4v) is 2.61. The second-order valence-corrected chi connectivity index (χ2v) is 6.19. The third-order valence-corrected chi connectivity index (χ3v) is 3.79. The number of carboxylic acid groups (broad SMARTS) is 2. The molecule has 0 aliphatic carbocycles. The first-order valence-electron chi connectivity index (χ1n) is 9.03. The van der Waals surface area contributed by atoms with E-state index >= 15 is 0 Å². The first kappa shape index (κ1) is 23.2. The Bertz CT molecular complexity index is 689. The Hall–Kier alpha value is -2.84. The maximum Gasteiger partial charge on any atom is 0.317 e. The van der Waals surface area contributed by atoms with Gasteiger partial charge in [-0.15, -0.1) is 0 Å². The smallest absolute Gasteiger partial charge is 0.317 e. The molecule has 1 aromatic rings. The van der Waals surface area contributed by atoms with Crippen molar-refractivity contribution in [3.8, 4) is 0 Å². The van der Waals surface area contributed by atoms with E-state index in [2.05, 4.69) is 16.6 Å². The van der Waals surface area contributed by atoms with Crippen LogP contribution in [0.3, 0.4) is 0 Å². The van der Waals surface area contributed by atoms with Crippen molar-refractivity contribution in [3.05, 3.63) is 55.0 Å². The van der Waals surface area contributed by atoms with E-state index in [1.54, 1.807) is 40.4 Å². The summed E-state index contributed by atoms with van der Waals surface area (Å²) in [6.07, 6.45) is 7.31.